The topological polar surface area (TPSA) is 82.6 Å². The lowest BCUT2D eigenvalue weighted by Gasteiger charge is -2.39. The normalized spacial score (nSPS) is 18.4. The molecule has 2 aliphatic rings. The Morgan fingerprint density at radius 1 is 0.857 bits per heavy atom. The number of nitrogens with zero attached hydrogens (tertiary/aromatic N) is 3. The van der Waals surface area contributed by atoms with Gasteiger partial charge in [0, 0.05) is 40.7 Å². The van der Waals surface area contributed by atoms with Gasteiger partial charge >= 0.3 is 0 Å². The van der Waals surface area contributed by atoms with Gasteiger partial charge in [0.1, 0.15) is 35.4 Å². The van der Waals surface area contributed by atoms with E-state index in [0.717, 1.165) is 18.2 Å². The zero-order valence-electron chi connectivity index (χ0n) is 18.1. The van der Waals surface area contributed by atoms with Crippen LogP contribution < -0.4 is 10.5 Å². The summed E-state index contributed by atoms with van der Waals surface area (Å²) in [6, 6.07) is 13.0. The number of fused-ring (bicyclic) bond motifs is 4. The summed E-state index contributed by atoms with van der Waals surface area (Å²) < 4.78 is 54.1. The third-order valence-corrected chi connectivity index (χ3v) is 6.12. The van der Waals surface area contributed by atoms with Crippen molar-refractivity contribution in [2.24, 2.45) is 10.7 Å². The lowest BCUT2D eigenvalue weighted by Crippen LogP contribution is -2.42. The molecule has 0 unspecified atom stereocenters. The lowest BCUT2D eigenvalue weighted by atomic mass is 9.80. The van der Waals surface area contributed by atoms with Crippen molar-refractivity contribution in [1.82, 2.24) is 9.97 Å². The van der Waals surface area contributed by atoms with Gasteiger partial charge in [-0.3, -0.25) is 4.99 Å². The van der Waals surface area contributed by atoms with E-state index >= 15 is 0 Å². The Morgan fingerprint density at radius 2 is 1.71 bits per heavy atom. The van der Waals surface area contributed by atoms with Crippen LogP contribution in [0.4, 0.5) is 13.2 Å². The summed E-state index contributed by atoms with van der Waals surface area (Å²) in [7, 11) is 0. The summed E-state index contributed by atoms with van der Waals surface area (Å²) in [6.07, 6.45) is 2.94. The van der Waals surface area contributed by atoms with Gasteiger partial charge in [-0.25, -0.2) is 18.7 Å². The first kappa shape index (κ1) is 21.3. The molecular formula is C26H17F3N4O2. The molecule has 2 aliphatic heterocycles. The SMILES string of the molecule is NC1=N[C@@]2(COC1)c1cc(-c3cc(F)ccc3F)ccc1Oc1ncc(-c3ccnc(F)c3)cc12. The summed E-state index contributed by atoms with van der Waals surface area (Å²) in [4.78, 5) is 12.8. The summed E-state index contributed by atoms with van der Waals surface area (Å²) >= 11 is 0. The minimum absolute atomic E-state index is 0.0987. The molecule has 9 heteroatoms. The highest BCUT2D eigenvalue weighted by atomic mass is 19.1. The Bertz CT molecular complexity index is 1520. The Morgan fingerprint density at radius 3 is 2.54 bits per heavy atom. The van der Waals surface area contributed by atoms with E-state index in [2.05, 4.69) is 9.97 Å². The molecule has 2 N–H and O–H groups in total. The second kappa shape index (κ2) is 7.92. The average molecular weight is 474 g/mol. The molecule has 2 aromatic heterocycles. The van der Waals surface area contributed by atoms with Gasteiger partial charge in [-0.05, 0) is 53.6 Å². The van der Waals surface area contributed by atoms with Crippen LogP contribution in [0.15, 0.2) is 72.0 Å². The van der Waals surface area contributed by atoms with Crippen LogP contribution in [-0.2, 0) is 10.3 Å². The monoisotopic (exact) mass is 474 g/mol. The number of rotatable bonds is 2. The van der Waals surface area contributed by atoms with Crippen LogP contribution in [0.2, 0.25) is 0 Å². The molecule has 0 aliphatic carbocycles. The Labute approximate surface area is 197 Å². The Balaban J connectivity index is 1.57. The first-order chi connectivity index (χ1) is 16.9. The van der Waals surface area contributed by atoms with Crippen molar-refractivity contribution in [2.75, 3.05) is 13.2 Å². The molecule has 0 amide bonds. The number of nitrogens with two attached hydrogens (primary N) is 1. The van der Waals surface area contributed by atoms with Crippen molar-refractivity contribution < 1.29 is 22.6 Å². The van der Waals surface area contributed by atoms with Gasteiger partial charge in [-0.15, -0.1) is 0 Å². The fraction of sp³-hybridized carbons (Fsp3) is 0.115. The Hall–Kier alpha value is -4.24. The number of aromatic nitrogens is 2. The number of aliphatic imine (C=N–C) groups is 1. The minimum Gasteiger partial charge on any atom is -0.438 e. The van der Waals surface area contributed by atoms with Crippen LogP contribution in [0, 0.1) is 17.6 Å². The molecule has 1 spiro atoms. The molecule has 2 aromatic carbocycles. The first-order valence-corrected chi connectivity index (χ1v) is 10.8. The highest BCUT2D eigenvalue weighted by molar-refractivity contribution is 5.84. The zero-order valence-corrected chi connectivity index (χ0v) is 18.1. The molecule has 0 saturated heterocycles. The molecular weight excluding hydrogens is 457 g/mol. The number of ether oxygens (including phenoxy) is 2. The van der Waals surface area contributed by atoms with Gasteiger partial charge in [0.15, 0.2) is 0 Å². The molecule has 0 saturated carbocycles. The van der Waals surface area contributed by atoms with E-state index in [1.165, 1.54) is 12.3 Å². The van der Waals surface area contributed by atoms with Gasteiger partial charge in [0.25, 0.3) is 0 Å². The fourth-order valence-corrected chi connectivity index (χ4v) is 4.54. The maximum atomic E-state index is 14.6. The number of halogens is 3. The van der Waals surface area contributed by atoms with Crippen LogP contribution in [-0.4, -0.2) is 29.0 Å². The van der Waals surface area contributed by atoms with E-state index in [0.29, 0.717) is 39.4 Å². The van der Waals surface area contributed by atoms with Crippen LogP contribution in [0.3, 0.4) is 0 Å². The van der Waals surface area contributed by atoms with E-state index < -0.39 is 23.1 Å². The highest BCUT2D eigenvalue weighted by Gasteiger charge is 2.45. The number of pyridine rings is 2. The molecule has 4 aromatic rings. The molecule has 35 heavy (non-hydrogen) atoms. The predicted molar refractivity (Wildman–Crippen MR) is 123 cm³/mol. The number of benzene rings is 2. The van der Waals surface area contributed by atoms with Gasteiger partial charge in [0.05, 0.1) is 6.61 Å². The van der Waals surface area contributed by atoms with E-state index in [-0.39, 0.29) is 24.6 Å². The van der Waals surface area contributed by atoms with Crippen molar-refractivity contribution in [1.29, 1.82) is 0 Å². The number of amidine groups is 1. The molecule has 174 valence electrons. The third kappa shape index (κ3) is 3.52. The van der Waals surface area contributed by atoms with Crippen molar-refractivity contribution in [2.45, 2.75) is 5.54 Å². The van der Waals surface area contributed by atoms with E-state index in [4.69, 9.17) is 20.2 Å². The van der Waals surface area contributed by atoms with Crippen molar-refractivity contribution in [3.8, 4) is 33.9 Å². The Kier molecular flexibility index (Phi) is 4.82. The molecule has 6 nitrogen and oxygen atoms in total. The van der Waals surface area contributed by atoms with Crippen LogP contribution in [0.25, 0.3) is 22.3 Å². The number of hydrogen-bond donors (Lipinski definition) is 1. The quantitative estimate of drug-likeness (QED) is 0.415. The zero-order chi connectivity index (χ0) is 24.2. The molecule has 6 rings (SSSR count). The van der Waals surface area contributed by atoms with Crippen LogP contribution >= 0.6 is 0 Å². The maximum Gasteiger partial charge on any atom is 0.225 e. The molecule has 4 heterocycles. The molecule has 1 atom stereocenters. The first-order valence-electron chi connectivity index (χ1n) is 10.8. The smallest absolute Gasteiger partial charge is 0.225 e. The van der Waals surface area contributed by atoms with Crippen molar-refractivity contribution in [3.63, 3.8) is 0 Å². The van der Waals surface area contributed by atoms with Gasteiger partial charge in [-0.1, -0.05) is 6.07 Å². The van der Waals surface area contributed by atoms with Gasteiger partial charge < -0.3 is 15.2 Å². The summed E-state index contributed by atoms with van der Waals surface area (Å²) in [5.74, 6) is -0.752. The lowest BCUT2D eigenvalue weighted by molar-refractivity contribution is 0.109. The predicted octanol–water partition coefficient (Wildman–Crippen LogP) is 4.96. The van der Waals surface area contributed by atoms with E-state index in [1.54, 1.807) is 36.5 Å². The minimum atomic E-state index is -1.15. The molecule has 0 bridgehead atoms. The van der Waals surface area contributed by atoms with Crippen molar-refractivity contribution >= 4 is 5.84 Å². The largest absolute Gasteiger partial charge is 0.438 e. The summed E-state index contributed by atoms with van der Waals surface area (Å²) in [6.45, 7) is 0.260. The van der Waals surface area contributed by atoms with E-state index in [1.807, 2.05) is 0 Å². The molecule has 0 radical (unpaired) electrons. The standard InChI is InChI=1S/C26H17F3N4O2/c27-17-2-3-21(28)18(10-17)15-1-4-22-19(7-15)26(13-34-12-24(30)33-26)20-8-16(11-32-25(20)35-22)14-5-6-31-23(29)9-14/h1-11H,12-13H2,(H2,30,33)/t26-/m0/s1. The average Bonchev–Trinajstić information content (AvgIpc) is 2.85. The summed E-state index contributed by atoms with van der Waals surface area (Å²) in [5.41, 5.74) is 7.80. The van der Waals surface area contributed by atoms with E-state index in [9.17, 15) is 13.2 Å². The van der Waals surface area contributed by atoms with Crippen molar-refractivity contribution in [3.05, 3.63) is 95.7 Å². The highest BCUT2D eigenvalue weighted by Crippen LogP contribution is 2.51. The van der Waals surface area contributed by atoms with Gasteiger partial charge in [-0.2, -0.15) is 4.39 Å². The second-order valence-corrected chi connectivity index (χ2v) is 8.34. The fourth-order valence-electron chi connectivity index (χ4n) is 4.54. The van der Waals surface area contributed by atoms with Crippen LogP contribution in [0.5, 0.6) is 11.6 Å². The maximum absolute atomic E-state index is 14.6. The second-order valence-electron chi connectivity index (χ2n) is 8.34. The van der Waals surface area contributed by atoms with Gasteiger partial charge in [0.2, 0.25) is 11.8 Å². The summed E-state index contributed by atoms with van der Waals surface area (Å²) in [5, 5.41) is 0. The number of hydrogen-bond acceptors (Lipinski definition) is 6. The molecule has 0 fully saturated rings. The third-order valence-electron chi connectivity index (χ3n) is 6.12. The van der Waals surface area contributed by atoms with Crippen LogP contribution in [0.1, 0.15) is 11.1 Å².